The molecule has 5 aromatic rings. The third-order valence-corrected chi connectivity index (χ3v) is 8.07. The molecule has 2 heterocycles. The molecule has 0 spiro atoms. The van der Waals surface area contributed by atoms with Crippen molar-refractivity contribution in [3.8, 4) is 11.1 Å². The van der Waals surface area contributed by atoms with Gasteiger partial charge in [-0.15, -0.1) is 0 Å². The normalized spacial score (nSPS) is 13.3. The summed E-state index contributed by atoms with van der Waals surface area (Å²) in [4.78, 5) is 32.9. The van der Waals surface area contributed by atoms with Crippen LogP contribution < -0.4 is 16.4 Å². The van der Waals surface area contributed by atoms with Crippen LogP contribution in [-0.2, 0) is 12.8 Å². The maximum absolute atomic E-state index is 13.3. The van der Waals surface area contributed by atoms with Crippen molar-refractivity contribution in [3.63, 3.8) is 0 Å². The van der Waals surface area contributed by atoms with Gasteiger partial charge in [-0.05, 0) is 82.9 Å². The first kappa shape index (κ1) is 27.0. The maximum atomic E-state index is 13.3. The quantitative estimate of drug-likeness (QED) is 0.282. The molecule has 1 fully saturated rings. The smallest absolute Gasteiger partial charge is 0.253 e. The van der Waals surface area contributed by atoms with E-state index in [9.17, 15) is 9.59 Å². The first-order valence-corrected chi connectivity index (χ1v) is 14.2. The highest BCUT2D eigenvalue weighted by Gasteiger charge is 2.22. The molecule has 1 saturated heterocycles. The van der Waals surface area contributed by atoms with E-state index >= 15 is 0 Å². The first-order valence-electron chi connectivity index (χ1n) is 14.2. The Labute approximate surface area is 245 Å². The summed E-state index contributed by atoms with van der Waals surface area (Å²) in [7, 11) is 0. The summed E-state index contributed by atoms with van der Waals surface area (Å²) in [6.07, 6.45) is 3.52. The summed E-state index contributed by atoms with van der Waals surface area (Å²) in [5.74, 6) is 0.190. The largest absolute Gasteiger partial charge is 0.383 e. The van der Waals surface area contributed by atoms with Crippen molar-refractivity contribution in [2.24, 2.45) is 5.73 Å². The number of pyridine rings is 1. The molecule has 0 unspecified atom stereocenters. The van der Waals surface area contributed by atoms with Crippen LogP contribution in [0.5, 0.6) is 0 Å². The number of benzene rings is 4. The minimum Gasteiger partial charge on any atom is -0.383 e. The van der Waals surface area contributed by atoms with Crippen LogP contribution in [0.4, 0.5) is 11.5 Å². The SMILES string of the molecule is NC(=O)c1ccc(CCc2ccc(-c3ccc(C(=O)N4CCN(c5ccc6ccnc(N)c6c5)CC4)cc3)cc2)cc1. The Morgan fingerprint density at radius 2 is 1.26 bits per heavy atom. The molecule has 0 bridgehead atoms. The second kappa shape index (κ2) is 11.7. The number of primary amides is 1. The van der Waals surface area contributed by atoms with E-state index in [1.807, 2.05) is 47.4 Å². The van der Waals surface area contributed by atoms with Gasteiger partial charge in [-0.25, -0.2) is 4.98 Å². The first-order chi connectivity index (χ1) is 20.4. The van der Waals surface area contributed by atoms with Crippen molar-refractivity contribution >= 4 is 34.1 Å². The van der Waals surface area contributed by atoms with Crippen LogP contribution >= 0.6 is 0 Å². The van der Waals surface area contributed by atoms with Crippen LogP contribution in [0.2, 0.25) is 0 Å². The van der Waals surface area contributed by atoms with Gasteiger partial charge in [0.15, 0.2) is 0 Å². The molecular formula is C35H33N5O2. The van der Waals surface area contributed by atoms with Crippen LogP contribution in [0.15, 0.2) is 103 Å². The molecule has 0 saturated carbocycles. The predicted octanol–water partition coefficient (Wildman–Crippen LogP) is 5.33. The minimum absolute atomic E-state index is 0.0624. The number of hydrogen-bond donors (Lipinski definition) is 2. The van der Waals surface area contributed by atoms with Crippen molar-refractivity contribution in [3.05, 3.63) is 126 Å². The van der Waals surface area contributed by atoms with Gasteiger partial charge in [0.1, 0.15) is 5.82 Å². The van der Waals surface area contributed by atoms with Crippen LogP contribution in [-0.4, -0.2) is 47.9 Å². The Morgan fingerprint density at radius 1 is 0.690 bits per heavy atom. The van der Waals surface area contributed by atoms with E-state index in [4.69, 9.17) is 11.5 Å². The van der Waals surface area contributed by atoms with Gasteiger partial charge in [0.2, 0.25) is 5.91 Å². The predicted molar refractivity (Wildman–Crippen MR) is 169 cm³/mol. The van der Waals surface area contributed by atoms with Gasteiger partial charge in [-0.1, -0.05) is 54.6 Å². The van der Waals surface area contributed by atoms with Crippen molar-refractivity contribution in [2.45, 2.75) is 12.8 Å². The van der Waals surface area contributed by atoms with Crippen LogP contribution in [0.1, 0.15) is 31.8 Å². The third-order valence-electron chi connectivity index (χ3n) is 8.07. The molecule has 1 aliphatic heterocycles. The second-order valence-corrected chi connectivity index (χ2v) is 10.7. The van der Waals surface area contributed by atoms with Crippen LogP contribution in [0.25, 0.3) is 21.9 Å². The number of piperazine rings is 1. The lowest BCUT2D eigenvalue weighted by atomic mass is 9.99. The van der Waals surface area contributed by atoms with Gasteiger partial charge in [-0.3, -0.25) is 9.59 Å². The number of fused-ring (bicyclic) bond motifs is 1. The summed E-state index contributed by atoms with van der Waals surface area (Å²) in [5.41, 5.74) is 18.3. The van der Waals surface area contributed by atoms with Gasteiger partial charge in [-0.2, -0.15) is 0 Å². The van der Waals surface area contributed by atoms with Gasteiger partial charge < -0.3 is 21.3 Å². The number of aryl methyl sites for hydroxylation is 2. The molecule has 4 N–H and O–H groups in total. The Balaban J connectivity index is 1.03. The molecule has 1 aromatic heterocycles. The highest BCUT2D eigenvalue weighted by molar-refractivity contribution is 5.95. The Kier molecular flexibility index (Phi) is 7.56. The number of carbonyl (C=O) groups excluding carboxylic acids is 2. The van der Waals surface area contributed by atoms with Gasteiger partial charge >= 0.3 is 0 Å². The second-order valence-electron chi connectivity index (χ2n) is 10.7. The van der Waals surface area contributed by atoms with E-state index in [0.29, 0.717) is 30.0 Å². The molecule has 42 heavy (non-hydrogen) atoms. The zero-order valence-corrected chi connectivity index (χ0v) is 23.4. The Bertz CT molecular complexity index is 1720. The lowest BCUT2D eigenvalue weighted by Gasteiger charge is -2.36. The number of aromatic nitrogens is 1. The van der Waals surface area contributed by atoms with E-state index in [1.54, 1.807) is 18.3 Å². The molecule has 4 aromatic carbocycles. The van der Waals surface area contributed by atoms with Gasteiger partial charge in [0.25, 0.3) is 5.91 Å². The molecule has 0 radical (unpaired) electrons. The fraction of sp³-hybridized carbons (Fsp3) is 0.171. The molecule has 0 atom stereocenters. The molecule has 210 valence electrons. The lowest BCUT2D eigenvalue weighted by molar-refractivity contribution is 0.0746. The van der Waals surface area contributed by atoms with Gasteiger partial charge in [0.05, 0.1) is 0 Å². The summed E-state index contributed by atoms with van der Waals surface area (Å²) in [5, 5.41) is 2.03. The van der Waals surface area contributed by atoms with E-state index in [2.05, 4.69) is 52.3 Å². The fourth-order valence-electron chi connectivity index (χ4n) is 5.52. The minimum atomic E-state index is -0.407. The van der Waals surface area contributed by atoms with E-state index in [1.165, 1.54) is 11.1 Å². The van der Waals surface area contributed by atoms with Gasteiger partial charge in [0, 0.05) is 54.6 Å². The van der Waals surface area contributed by atoms with Crippen molar-refractivity contribution in [1.29, 1.82) is 0 Å². The fourth-order valence-corrected chi connectivity index (χ4v) is 5.52. The standard InChI is InChI=1S/C35H33N5O2/c36-33-32-23-31(16-15-28(32)17-18-38-33)39-19-21-40(22-20-39)35(42)30-13-11-27(12-14-30)26-7-3-24(4-8-26)1-2-25-5-9-29(10-6-25)34(37)41/h3-18,23H,1-2,19-22H2,(H2,36,38)(H2,37,41). The lowest BCUT2D eigenvalue weighted by Crippen LogP contribution is -2.48. The molecule has 7 nitrogen and oxygen atoms in total. The number of nitrogens with zero attached hydrogens (tertiary/aromatic N) is 3. The topological polar surface area (TPSA) is 106 Å². The number of hydrogen-bond acceptors (Lipinski definition) is 5. The highest BCUT2D eigenvalue weighted by atomic mass is 16.2. The van der Waals surface area contributed by atoms with Crippen molar-refractivity contribution in [2.75, 3.05) is 36.8 Å². The summed E-state index contributed by atoms with van der Waals surface area (Å²) >= 11 is 0. The summed E-state index contributed by atoms with van der Waals surface area (Å²) in [6.45, 7) is 2.86. The number of rotatable bonds is 7. The molecule has 2 amide bonds. The van der Waals surface area contributed by atoms with Crippen molar-refractivity contribution in [1.82, 2.24) is 9.88 Å². The molecular weight excluding hydrogens is 522 g/mol. The van der Waals surface area contributed by atoms with Crippen molar-refractivity contribution < 1.29 is 9.59 Å². The number of amides is 2. The van der Waals surface area contributed by atoms with Crippen LogP contribution in [0, 0.1) is 0 Å². The number of nitrogens with two attached hydrogens (primary N) is 2. The molecule has 7 heteroatoms. The molecule has 1 aliphatic rings. The monoisotopic (exact) mass is 555 g/mol. The maximum Gasteiger partial charge on any atom is 0.253 e. The summed E-state index contributed by atoms with van der Waals surface area (Å²) in [6, 6.07) is 32.1. The average molecular weight is 556 g/mol. The third kappa shape index (κ3) is 5.81. The average Bonchev–Trinajstić information content (AvgIpc) is 3.04. The van der Waals surface area contributed by atoms with E-state index in [0.717, 1.165) is 53.5 Å². The summed E-state index contributed by atoms with van der Waals surface area (Å²) < 4.78 is 0. The number of carbonyl (C=O) groups is 2. The zero-order chi connectivity index (χ0) is 29.1. The zero-order valence-electron chi connectivity index (χ0n) is 23.4. The highest BCUT2D eigenvalue weighted by Crippen LogP contribution is 2.27. The van der Waals surface area contributed by atoms with E-state index in [-0.39, 0.29) is 5.91 Å². The number of nitrogen functional groups attached to an aromatic ring is 1. The Hall–Kier alpha value is -5.17. The molecule has 6 rings (SSSR count). The van der Waals surface area contributed by atoms with Crippen LogP contribution in [0.3, 0.4) is 0 Å². The number of anilines is 2. The molecule has 0 aliphatic carbocycles. The Morgan fingerprint density at radius 3 is 1.88 bits per heavy atom. The van der Waals surface area contributed by atoms with E-state index < -0.39 is 5.91 Å².